The van der Waals surface area contributed by atoms with E-state index in [1.54, 1.807) is 29.2 Å². The average Bonchev–Trinajstić information content (AvgIpc) is 3.49. The van der Waals surface area contributed by atoms with Gasteiger partial charge in [0.05, 0.1) is 6.61 Å². The summed E-state index contributed by atoms with van der Waals surface area (Å²) in [5.41, 5.74) is 6.84. The van der Waals surface area contributed by atoms with Gasteiger partial charge in [-0.2, -0.15) is 0 Å². The number of amides is 3. The van der Waals surface area contributed by atoms with Crippen molar-refractivity contribution < 1.29 is 19.1 Å². The van der Waals surface area contributed by atoms with Gasteiger partial charge >= 0.3 is 0 Å². The zero-order valence-corrected chi connectivity index (χ0v) is 16.4. The molecular formula is C21H28N4O4. The number of morpholine rings is 1. The molecule has 156 valence electrons. The summed E-state index contributed by atoms with van der Waals surface area (Å²) in [7, 11) is 0. The fourth-order valence-corrected chi connectivity index (χ4v) is 4.12. The minimum absolute atomic E-state index is 0.0770. The second-order valence-electron chi connectivity index (χ2n) is 8.19. The van der Waals surface area contributed by atoms with Crippen LogP contribution in [0.1, 0.15) is 32.1 Å². The number of hydrogen-bond donors (Lipinski definition) is 3. The van der Waals surface area contributed by atoms with Crippen molar-refractivity contribution in [1.82, 2.24) is 5.32 Å². The highest BCUT2D eigenvalue weighted by Gasteiger charge is 2.41. The van der Waals surface area contributed by atoms with Crippen LogP contribution in [0.2, 0.25) is 0 Å². The number of ether oxygens (including phenoxy) is 1. The molecular weight excluding hydrogens is 372 g/mol. The molecule has 3 aliphatic rings. The van der Waals surface area contributed by atoms with Gasteiger partial charge in [-0.25, -0.2) is 0 Å². The van der Waals surface area contributed by atoms with Gasteiger partial charge in [0, 0.05) is 24.0 Å². The molecule has 1 aromatic carbocycles. The van der Waals surface area contributed by atoms with E-state index in [1.807, 2.05) is 0 Å². The Morgan fingerprint density at radius 3 is 2.34 bits per heavy atom. The third-order valence-corrected chi connectivity index (χ3v) is 6.13. The van der Waals surface area contributed by atoms with Crippen LogP contribution in [0.5, 0.6) is 0 Å². The SMILES string of the molecule is NC(=O)[C@@H](NC(C1CCC1)C1CC1)C(=O)Nc1ccc(N2CCOCC2=O)cc1. The molecule has 8 nitrogen and oxygen atoms in total. The highest BCUT2D eigenvalue weighted by atomic mass is 16.5. The Labute approximate surface area is 170 Å². The average molecular weight is 400 g/mol. The molecule has 1 unspecified atom stereocenters. The molecule has 1 heterocycles. The van der Waals surface area contributed by atoms with Crippen LogP contribution in [-0.2, 0) is 19.1 Å². The number of nitrogens with zero attached hydrogens (tertiary/aromatic N) is 1. The van der Waals surface area contributed by atoms with Gasteiger partial charge in [0.1, 0.15) is 6.61 Å². The van der Waals surface area contributed by atoms with E-state index in [-0.39, 0.29) is 18.6 Å². The second kappa shape index (κ2) is 8.51. The van der Waals surface area contributed by atoms with Crippen molar-refractivity contribution in [2.24, 2.45) is 17.6 Å². The van der Waals surface area contributed by atoms with Crippen molar-refractivity contribution in [2.75, 3.05) is 30.0 Å². The van der Waals surface area contributed by atoms with E-state index in [4.69, 9.17) is 10.5 Å². The summed E-state index contributed by atoms with van der Waals surface area (Å²) in [5, 5.41) is 6.03. The fourth-order valence-electron chi connectivity index (χ4n) is 4.12. The lowest BCUT2D eigenvalue weighted by atomic mass is 9.77. The molecule has 0 aromatic heterocycles. The summed E-state index contributed by atoms with van der Waals surface area (Å²) in [6.07, 6.45) is 5.78. The molecule has 1 saturated heterocycles. The minimum atomic E-state index is -1.05. The van der Waals surface area contributed by atoms with Gasteiger partial charge in [-0.05, 0) is 61.8 Å². The molecule has 3 fully saturated rings. The molecule has 29 heavy (non-hydrogen) atoms. The lowest BCUT2D eigenvalue weighted by molar-refractivity contribution is -0.128. The molecule has 2 saturated carbocycles. The summed E-state index contributed by atoms with van der Waals surface area (Å²) in [4.78, 5) is 38.3. The Hall–Kier alpha value is -2.45. The molecule has 4 N–H and O–H groups in total. The van der Waals surface area contributed by atoms with Crippen LogP contribution >= 0.6 is 0 Å². The number of carbonyl (C=O) groups is 3. The third-order valence-electron chi connectivity index (χ3n) is 6.13. The first-order valence-corrected chi connectivity index (χ1v) is 10.4. The topological polar surface area (TPSA) is 114 Å². The molecule has 2 atom stereocenters. The van der Waals surface area contributed by atoms with Crippen LogP contribution in [0.4, 0.5) is 11.4 Å². The number of anilines is 2. The lowest BCUT2D eigenvalue weighted by Gasteiger charge is -2.36. The largest absolute Gasteiger partial charge is 0.370 e. The van der Waals surface area contributed by atoms with Gasteiger partial charge in [0.25, 0.3) is 11.8 Å². The quantitative estimate of drug-likeness (QED) is 0.564. The van der Waals surface area contributed by atoms with Crippen LogP contribution in [0.25, 0.3) is 0 Å². The third kappa shape index (κ3) is 4.59. The van der Waals surface area contributed by atoms with Gasteiger partial charge in [0.2, 0.25) is 5.91 Å². The van der Waals surface area contributed by atoms with Crippen molar-refractivity contribution in [3.63, 3.8) is 0 Å². The van der Waals surface area contributed by atoms with Gasteiger partial charge in [-0.1, -0.05) is 6.42 Å². The number of rotatable bonds is 8. The molecule has 4 rings (SSSR count). The lowest BCUT2D eigenvalue weighted by Crippen LogP contribution is -2.56. The predicted molar refractivity (Wildman–Crippen MR) is 108 cm³/mol. The van der Waals surface area contributed by atoms with E-state index in [0.717, 1.165) is 31.4 Å². The van der Waals surface area contributed by atoms with Crippen molar-refractivity contribution in [3.05, 3.63) is 24.3 Å². The number of nitrogens with two attached hydrogens (primary N) is 1. The summed E-state index contributed by atoms with van der Waals surface area (Å²) >= 11 is 0. The fraction of sp³-hybridized carbons (Fsp3) is 0.571. The standard InChI is InChI=1S/C21H28N4O4/c22-20(27)19(24-18(14-4-5-14)13-2-1-3-13)21(28)23-15-6-8-16(9-7-15)25-10-11-29-12-17(25)26/h6-9,13-14,18-19,24H,1-5,10-12H2,(H2,22,27)(H,23,28)/t18?,19-/m1/s1. The van der Waals surface area contributed by atoms with E-state index in [9.17, 15) is 14.4 Å². The molecule has 1 aromatic rings. The number of nitrogens with one attached hydrogen (secondary N) is 2. The number of hydrogen-bond acceptors (Lipinski definition) is 5. The van der Waals surface area contributed by atoms with Gasteiger partial charge < -0.3 is 20.7 Å². The van der Waals surface area contributed by atoms with E-state index < -0.39 is 17.9 Å². The molecule has 0 spiro atoms. The number of primary amides is 1. The van der Waals surface area contributed by atoms with Crippen molar-refractivity contribution >= 4 is 29.1 Å². The van der Waals surface area contributed by atoms with Gasteiger partial charge in [-0.3, -0.25) is 19.7 Å². The molecule has 0 bridgehead atoms. The summed E-state index contributed by atoms with van der Waals surface area (Å²) in [5.74, 6) is -0.128. The van der Waals surface area contributed by atoms with E-state index in [1.165, 1.54) is 6.42 Å². The highest BCUT2D eigenvalue weighted by molar-refractivity contribution is 6.09. The molecule has 2 aliphatic carbocycles. The Kier molecular flexibility index (Phi) is 5.82. The molecule has 0 radical (unpaired) electrons. The van der Waals surface area contributed by atoms with Crippen LogP contribution in [0, 0.1) is 11.8 Å². The maximum Gasteiger partial charge on any atom is 0.253 e. The minimum Gasteiger partial charge on any atom is -0.370 e. The zero-order valence-electron chi connectivity index (χ0n) is 16.4. The summed E-state index contributed by atoms with van der Waals surface area (Å²) in [6.45, 7) is 1.08. The maximum atomic E-state index is 12.7. The van der Waals surface area contributed by atoms with E-state index in [0.29, 0.717) is 30.7 Å². The van der Waals surface area contributed by atoms with E-state index >= 15 is 0 Å². The summed E-state index contributed by atoms with van der Waals surface area (Å²) < 4.78 is 5.14. The normalized spacial score (nSPS) is 21.9. The zero-order chi connectivity index (χ0) is 20.4. The first kappa shape index (κ1) is 19.8. The summed E-state index contributed by atoms with van der Waals surface area (Å²) in [6, 6.07) is 6.11. The first-order chi connectivity index (χ1) is 14.0. The highest BCUT2D eigenvalue weighted by Crippen LogP contribution is 2.42. The molecule has 8 heteroatoms. The van der Waals surface area contributed by atoms with E-state index in [2.05, 4.69) is 10.6 Å². The van der Waals surface area contributed by atoms with Crippen molar-refractivity contribution in [3.8, 4) is 0 Å². The maximum absolute atomic E-state index is 12.7. The van der Waals surface area contributed by atoms with Crippen molar-refractivity contribution in [1.29, 1.82) is 0 Å². The number of carbonyl (C=O) groups excluding carboxylic acids is 3. The van der Waals surface area contributed by atoms with Crippen LogP contribution in [0.3, 0.4) is 0 Å². The predicted octanol–water partition coefficient (Wildman–Crippen LogP) is 1.01. The smallest absolute Gasteiger partial charge is 0.253 e. The van der Waals surface area contributed by atoms with Crippen LogP contribution < -0.4 is 21.3 Å². The Morgan fingerprint density at radius 2 is 1.79 bits per heavy atom. The Balaban J connectivity index is 1.39. The van der Waals surface area contributed by atoms with Crippen molar-refractivity contribution in [2.45, 2.75) is 44.2 Å². The van der Waals surface area contributed by atoms with Gasteiger partial charge in [0.15, 0.2) is 6.04 Å². The Bertz CT molecular complexity index is 773. The number of benzene rings is 1. The molecule has 1 aliphatic heterocycles. The Morgan fingerprint density at radius 1 is 1.10 bits per heavy atom. The molecule has 3 amide bonds. The second-order valence-corrected chi connectivity index (χ2v) is 8.19. The first-order valence-electron chi connectivity index (χ1n) is 10.4. The van der Waals surface area contributed by atoms with Crippen LogP contribution in [0.15, 0.2) is 24.3 Å². The monoisotopic (exact) mass is 400 g/mol. The van der Waals surface area contributed by atoms with Crippen LogP contribution in [-0.4, -0.2) is 49.6 Å². The van der Waals surface area contributed by atoms with Gasteiger partial charge in [-0.15, -0.1) is 0 Å².